The number of nitrogens with zero attached hydrogens (tertiary/aromatic N) is 2. The van der Waals surface area contributed by atoms with Crippen molar-refractivity contribution < 1.29 is 28.4 Å². The minimum absolute atomic E-state index is 0.0726. The highest BCUT2D eigenvalue weighted by Crippen LogP contribution is 2.19. The van der Waals surface area contributed by atoms with Crippen LogP contribution in [0.3, 0.4) is 0 Å². The number of fused-ring (bicyclic) bond motifs is 1. The Morgan fingerprint density at radius 1 is 1.13 bits per heavy atom. The third-order valence-corrected chi connectivity index (χ3v) is 4.99. The molecule has 3 rings (SSSR count). The Balaban J connectivity index is 1.57. The minimum atomic E-state index is -0.547. The molecule has 0 amide bonds. The molecule has 0 saturated heterocycles. The van der Waals surface area contributed by atoms with E-state index in [1.54, 1.807) is 12.1 Å². The average Bonchev–Trinajstić information content (AvgIpc) is 3.27. The van der Waals surface area contributed by atoms with Crippen LogP contribution in [0, 0.1) is 13.8 Å². The van der Waals surface area contributed by atoms with Crippen molar-refractivity contribution in [2.45, 2.75) is 39.7 Å². The van der Waals surface area contributed by atoms with Crippen LogP contribution in [-0.4, -0.2) is 41.2 Å². The van der Waals surface area contributed by atoms with Crippen LogP contribution in [-0.2, 0) is 32.0 Å². The lowest BCUT2D eigenvalue weighted by Gasteiger charge is -2.09. The maximum absolute atomic E-state index is 12.6. The van der Waals surface area contributed by atoms with Crippen molar-refractivity contribution in [1.82, 2.24) is 9.72 Å². The molecule has 0 atom stereocenters. The highest BCUT2D eigenvalue weighted by atomic mass is 16.5. The fourth-order valence-electron chi connectivity index (χ4n) is 3.39. The first kappa shape index (κ1) is 21.3. The predicted molar refractivity (Wildman–Crippen MR) is 108 cm³/mol. The summed E-state index contributed by atoms with van der Waals surface area (Å²) in [7, 11) is 1.36. The van der Waals surface area contributed by atoms with Gasteiger partial charge in [0.15, 0.2) is 12.2 Å². The molecule has 2 heterocycles. The van der Waals surface area contributed by atoms with Crippen molar-refractivity contribution >= 4 is 28.7 Å². The first-order valence-electron chi connectivity index (χ1n) is 9.66. The van der Waals surface area contributed by atoms with Gasteiger partial charge in [-0.25, -0.2) is 0 Å². The molecule has 0 spiro atoms. The Morgan fingerprint density at radius 2 is 1.90 bits per heavy atom. The zero-order chi connectivity index (χ0) is 21.7. The van der Waals surface area contributed by atoms with E-state index in [1.807, 2.05) is 36.6 Å². The van der Waals surface area contributed by atoms with Crippen molar-refractivity contribution in [3.05, 3.63) is 53.0 Å². The maximum atomic E-state index is 12.6. The van der Waals surface area contributed by atoms with Crippen LogP contribution in [0.25, 0.3) is 11.0 Å². The van der Waals surface area contributed by atoms with E-state index >= 15 is 0 Å². The van der Waals surface area contributed by atoms with Crippen molar-refractivity contribution in [2.24, 2.45) is 0 Å². The van der Waals surface area contributed by atoms with Crippen LogP contribution in [0.1, 0.15) is 40.3 Å². The number of para-hydroxylation sites is 1. The second-order valence-corrected chi connectivity index (χ2v) is 7.00. The zero-order valence-electron chi connectivity index (χ0n) is 17.3. The van der Waals surface area contributed by atoms with E-state index in [1.165, 1.54) is 7.11 Å². The minimum Gasteiger partial charge on any atom is -0.469 e. The van der Waals surface area contributed by atoms with Gasteiger partial charge >= 0.3 is 11.9 Å². The van der Waals surface area contributed by atoms with Gasteiger partial charge in [0.1, 0.15) is 5.69 Å². The lowest BCUT2D eigenvalue weighted by Crippen LogP contribution is -2.16. The monoisotopic (exact) mass is 412 g/mol. The molecule has 0 N–H and O–H groups in total. The predicted octanol–water partition coefficient (Wildman–Crippen LogP) is 3.17. The Morgan fingerprint density at radius 3 is 2.67 bits per heavy atom. The molecule has 8 heteroatoms. The molecule has 1 aromatic carbocycles. The van der Waals surface area contributed by atoms with Gasteiger partial charge in [0.05, 0.1) is 13.5 Å². The first-order valence-corrected chi connectivity index (χ1v) is 9.66. The Hall–Kier alpha value is -3.42. The molecule has 3 aromatic rings. The van der Waals surface area contributed by atoms with Crippen LogP contribution in [0.15, 0.2) is 34.9 Å². The number of rotatable bonds is 9. The molecule has 0 aliphatic heterocycles. The van der Waals surface area contributed by atoms with Gasteiger partial charge in [0.25, 0.3) is 0 Å². The van der Waals surface area contributed by atoms with Gasteiger partial charge < -0.3 is 18.6 Å². The Bertz CT molecular complexity index is 1080. The number of aryl methyl sites for hydroxylation is 1. The van der Waals surface area contributed by atoms with Gasteiger partial charge in [0, 0.05) is 35.3 Å². The zero-order valence-corrected chi connectivity index (χ0v) is 17.3. The number of benzene rings is 1. The number of hydrogen-bond acceptors (Lipinski definition) is 7. The molecular formula is C22H24N2O6. The second kappa shape index (κ2) is 9.39. The number of Topliss-reactive ketones (excluding diaryl/α,β-unsaturated/α-hetero) is 1. The molecule has 0 bridgehead atoms. The Labute approximate surface area is 173 Å². The van der Waals surface area contributed by atoms with Crippen LogP contribution in [0.5, 0.6) is 0 Å². The molecule has 2 aromatic heterocycles. The molecule has 0 saturated carbocycles. The highest BCUT2D eigenvalue weighted by molar-refractivity contribution is 5.99. The van der Waals surface area contributed by atoms with Crippen LogP contribution >= 0.6 is 0 Å². The number of carbonyl (C=O) groups excluding carboxylic acids is 3. The van der Waals surface area contributed by atoms with Crippen molar-refractivity contribution in [2.75, 3.05) is 13.7 Å². The number of ketones is 1. The number of esters is 2. The summed E-state index contributed by atoms with van der Waals surface area (Å²) in [5, 5.41) is 4.65. The van der Waals surface area contributed by atoms with Crippen LogP contribution in [0.4, 0.5) is 0 Å². The van der Waals surface area contributed by atoms with E-state index in [2.05, 4.69) is 9.89 Å². The third-order valence-electron chi connectivity index (χ3n) is 4.99. The van der Waals surface area contributed by atoms with E-state index < -0.39 is 5.97 Å². The first-order chi connectivity index (χ1) is 14.4. The number of aromatic nitrogens is 2. The Kier molecular flexibility index (Phi) is 6.66. The SMILES string of the molecule is COC(=O)CCCn1c(C)cc(C(=O)COC(=O)Cc2noc3ccccc23)c1C. The summed E-state index contributed by atoms with van der Waals surface area (Å²) in [6, 6.07) is 9.00. The molecular weight excluding hydrogens is 388 g/mol. The quantitative estimate of drug-likeness (QED) is 0.393. The van der Waals surface area contributed by atoms with Gasteiger partial charge in [-0.05, 0) is 38.5 Å². The lowest BCUT2D eigenvalue weighted by atomic mass is 10.1. The summed E-state index contributed by atoms with van der Waals surface area (Å²) < 4.78 is 17.0. The summed E-state index contributed by atoms with van der Waals surface area (Å²) >= 11 is 0. The summed E-state index contributed by atoms with van der Waals surface area (Å²) in [5.41, 5.74) is 3.26. The third kappa shape index (κ3) is 4.76. The van der Waals surface area contributed by atoms with Crippen molar-refractivity contribution in [1.29, 1.82) is 0 Å². The molecule has 0 radical (unpaired) electrons. The van der Waals surface area contributed by atoms with E-state index in [0.29, 0.717) is 36.2 Å². The molecule has 158 valence electrons. The maximum Gasteiger partial charge on any atom is 0.312 e. The summed E-state index contributed by atoms with van der Waals surface area (Å²) in [6.07, 6.45) is 0.847. The molecule has 0 unspecified atom stereocenters. The topological polar surface area (TPSA) is 101 Å². The van der Waals surface area contributed by atoms with Gasteiger partial charge in [-0.15, -0.1) is 0 Å². The van der Waals surface area contributed by atoms with Crippen molar-refractivity contribution in [3.8, 4) is 0 Å². The van der Waals surface area contributed by atoms with E-state index in [4.69, 9.17) is 9.26 Å². The van der Waals surface area contributed by atoms with Gasteiger partial charge in [-0.3, -0.25) is 14.4 Å². The second-order valence-electron chi connectivity index (χ2n) is 7.00. The lowest BCUT2D eigenvalue weighted by molar-refractivity contribution is -0.142. The van der Waals surface area contributed by atoms with Gasteiger partial charge in [-0.1, -0.05) is 17.3 Å². The number of carbonyl (C=O) groups is 3. The van der Waals surface area contributed by atoms with Gasteiger partial charge in [-0.2, -0.15) is 0 Å². The molecule has 0 fully saturated rings. The number of ether oxygens (including phenoxy) is 2. The largest absolute Gasteiger partial charge is 0.469 e. The van der Waals surface area contributed by atoms with E-state index in [9.17, 15) is 14.4 Å². The van der Waals surface area contributed by atoms with E-state index in [-0.39, 0.29) is 24.8 Å². The summed E-state index contributed by atoms with van der Waals surface area (Å²) in [6.45, 7) is 3.98. The summed E-state index contributed by atoms with van der Waals surface area (Å²) in [4.78, 5) is 36.0. The molecule has 0 aliphatic carbocycles. The normalized spacial score (nSPS) is 10.9. The number of methoxy groups -OCH3 is 1. The summed E-state index contributed by atoms with van der Waals surface area (Å²) in [5.74, 6) is -1.09. The number of hydrogen-bond donors (Lipinski definition) is 0. The van der Waals surface area contributed by atoms with Crippen LogP contribution in [0.2, 0.25) is 0 Å². The molecule has 8 nitrogen and oxygen atoms in total. The highest BCUT2D eigenvalue weighted by Gasteiger charge is 2.19. The van der Waals surface area contributed by atoms with Crippen LogP contribution < -0.4 is 0 Å². The average molecular weight is 412 g/mol. The smallest absolute Gasteiger partial charge is 0.312 e. The molecule has 0 aliphatic rings. The molecule has 30 heavy (non-hydrogen) atoms. The van der Waals surface area contributed by atoms with E-state index in [0.717, 1.165) is 16.8 Å². The fraction of sp³-hybridized carbons (Fsp3) is 0.364. The van der Waals surface area contributed by atoms with Crippen molar-refractivity contribution in [3.63, 3.8) is 0 Å². The fourth-order valence-corrected chi connectivity index (χ4v) is 3.39. The standard InChI is InChI=1S/C22H24N2O6/c1-14-11-17(15(2)24(14)10-6-9-21(26)28-3)19(25)13-29-22(27)12-18-16-7-4-5-8-20(16)30-23-18/h4-5,7-8,11H,6,9-10,12-13H2,1-3H3. The van der Waals surface area contributed by atoms with Gasteiger partial charge in [0.2, 0.25) is 5.78 Å².